The molecule has 1 saturated heterocycles. The number of benzene rings is 1. The molecule has 0 saturated carbocycles. The molecule has 0 aliphatic carbocycles. The van der Waals surface area contributed by atoms with Crippen molar-refractivity contribution in [2.45, 2.75) is 0 Å². The van der Waals surface area contributed by atoms with Crippen LogP contribution in [0.3, 0.4) is 0 Å². The minimum atomic E-state index is -0.472. The molecule has 1 aromatic heterocycles. The van der Waals surface area contributed by atoms with Crippen LogP contribution in [0.2, 0.25) is 0 Å². The summed E-state index contributed by atoms with van der Waals surface area (Å²) < 4.78 is 6.21. The molecule has 1 fully saturated rings. The largest absolute Gasteiger partial charge is 0.451 e. The monoisotopic (exact) mass is 389 g/mol. The number of amides is 2. The third kappa shape index (κ3) is 4.84. The van der Waals surface area contributed by atoms with Crippen molar-refractivity contribution in [3.63, 3.8) is 0 Å². The predicted molar refractivity (Wildman–Crippen MR) is 104 cm³/mol. The summed E-state index contributed by atoms with van der Waals surface area (Å²) in [5.74, 6) is -0.630. The summed E-state index contributed by atoms with van der Waals surface area (Å²) >= 11 is 1.36. The van der Waals surface area contributed by atoms with Crippen molar-refractivity contribution in [2.75, 3.05) is 53.4 Å². The highest BCUT2D eigenvalue weighted by Crippen LogP contribution is 2.25. The van der Waals surface area contributed by atoms with Crippen LogP contribution in [-0.2, 0) is 14.3 Å². The third-order valence-corrected chi connectivity index (χ3v) is 5.63. The van der Waals surface area contributed by atoms with E-state index < -0.39 is 5.97 Å². The van der Waals surface area contributed by atoms with E-state index in [-0.39, 0.29) is 18.4 Å². The number of carbonyl (C=O) groups excluding carboxylic acids is 3. The Morgan fingerprint density at radius 1 is 1.11 bits per heavy atom. The van der Waals surface area contributed by atoms with E-state index in [0.29, 0.717) is 37.6 Å². The van der Waals surface area contributed by atoms with Gasteiger partial charge in [-0.05, 0) is 17.5 Å². The third-order valence-electron chi connectivity index (χ3n) is 4.54. The number of hydrogen-bond acceptors (Lipinski definition) is 6. The molecule has 2 heterocycles. The Morgan fingerprint density at radius 2 is 1.81 bits per heavy atom. The van der Waals surface area contributed by atoms with E-state index >= 15 is 0 Å². The highest BCUT2D eigenvalue weighted by Gasteiger charge is 2.24. The predicted octanol–water partition coefficient (Wildman–Crippen LogP) is 1.29. The van der Waals surface area contributed by atoms with Gasteiger partial charge in [0, 0.05) is 45.0 Å². The van der Waals surface area contributed by atoms with E-state index in [9.17, 15) is 14.4 Å². The number of nitrogens with zero attached hydrogens (tertiary/aromatic N) is 3. The van der Waals surface area contributed by atoms with Crippen LogP contribution in [0.15, 0.2) is 30.3 Å². The van der Waals surface area contributed by atoms with E-state index in [2.05, 4.69) is 0 Å². The zero-order valence-electron chi connectivity index (χ0n) is 15.5. The van der Waals surface area contributed by atoms with Gasteiger partial charge in [0.1, 0.15) is 4.88 Å². The number of thiophene rings is 1. The quantitative estimate of drug-likeness (QED) is 0.721. The molecule has 144 valence electrons. The highest BCUT2D eigenvalue weighted by molar-refractivity contribution is 7.20. The van der Waals surface area contributed by atoms with E-state index in [1.807, 2.05) is 29.2 Å². The Labute approximate surface area is 162 Å². The molecule has 0 N–H and O–H groups in total. The minimum absolute atomic E-state index is 0.0482. The molecular weight excluding hydrogens is 366 g/mol. The summed E-state index contributed by atoms with van der Waals surface area (Å²) in [4.78, 5) is 42.0. The topological polar surface area (TPSA) is 70.2 Å². The van der Waals surface area contributed by atoms with Crippen molar-refractivity contribution in [3.05, 3.63) is 35.2 Å². The maximum absolute atomic E-state index is 12.3. The molecule has 1 aromatic carbocycles. The van der Waals surface area contributed by atoms with Crippen LogP contribution in [-0.4, -0.2) is 85.9 Å². The molecule has 2 aromatic rings. The van der Waals surface area contributed by atoms with Gasteiger partial charge < -0.3 is 14.5 Å². The average Bonchev–Trinajstić information content (AvgIpc) is 3.10. The number of likely N-dealkylation sites (N-methyl/N-ethyl adjacent to an activating group) is 1. The number of rotatable bonds is 5. The van der Waals surface area contributed by atoms with E-state index in [1.54, 1.807) is 30.0 Å². The van der Waals surface area contributed by atoms with Gasteiger partial charge in [-0.1, -0.05) is 18.2 Å². The second kappa shape index (κ2) is 8.49. The molecule has 3 rings (SSSR count). The molecule has 0 bridgehead atoms. The number of carbonyl (C=O) groups is 3. The Bertz CT molecular complexity index is 807. The normalized spacial score (nSPS) is 15.0. The van der Waals surface area contributed by atoms with Gasteiger partial charge >= 0.3 is 5.97 Å². The fraction of sp³-hybridized carbons (Fsp3) is 0.421. The lowest BCUT2D eigenvalue weighted by Gasteiger charge is -2.34. The average molecular weight is 389 g/mol. The Kier molecular flexibility index (Phi) is 6.08. The van der Waals surface area contributed by atoms with Crippen LogP contribution >= 0.6 is 11.3 Å². The van der Waals surface area contributed by atoms with Gasteiger partial charge in [-0.2, -0.15) is 0 Å². The number of esters is 1. The van der Waals surface area contributed by atoms with Crippen LogP contribution in [0.1, 0.15) is 9.67 Å². The summed E-state index contributed by atoms with van der Waals surface area (Å²) in [7, 11) is 3.46. The Balaban J connectivity index is 1.45. The number of hydrogen-bond donors (Lipinski definition) is 0. The van der Waals surface area contributed by atoms with Crippen LogP contribution in [0, 0.1) is 0 Å². The van der Waals surface area contributed by atoms with Crippen molar-refractivity contribution in [3.8, 4) is 0 Å². The van der Waals surface area contributed by atoms with Crippen LogP contribution in [0.5, 0.6) is 0 Å². The second-order valence-corrected chi connectivity index (χ2v) is 7.75. The zero-order valence-corrected chi connectivity index (χ0v) is 16.3. The number of piperazine rings is 1. The van der Waals surface area contributed by atoms with E-state index in [1.165, 1.54) is 11.3 Å². The lowest BCUT2D eigenvalue weighted by atomic mass is 10.2. The molecule has 1 aliphatic heterocycles. The second-order valence-electron chi connectivity index (χ2n) is 6.67. The molecule has 7 nitrogen and oxygen atoms in total. The first-order valence-corrected chi connectivity index (χ1v) is 9.61. The molecule has 27 heavy (non-hydrogen) atoms. The molecule has 0 unspecified atom stereocenters. The molecule has 0 radical (unpaired) electrons. The summed E-state index contributed by atoms with van der Waals surface area (Å²) in [6.07, 6.45) is 0. The first-order valence-electron chi connectivity index (χ1n) is 8.80. The van der Waals surface area contributed by atoms with Gasteiger partial charge in [0.15, 0.2) is 6.61 Å². The number of fused-ring (bicyclic) bond motifs is 1. The molecule has 1 aliphatic rings. The minimum Gasteiger partial charge on any atom is -0.451 e. The first kappa shape index (κ1) is 19.3. The Morgan fingerprint density at radius 3 is 2.48 bits per heavy atom. The maximum Gasteiger partial charge on any atom is 0.348 e. The van der Waals surface area contributed by atoms with Gasteiger partial charge in [0.25, 0.3) is 5.91 Å². The molecule has 0 atom stereocenters. The van der Waals surface area contributed by atoms with Gasteiger partial charge in [-0.25, -0.2) is 4.79 Å². The van der Waals surface area contributed by atoms with Crippen LogP contribution in [0.25, 0.3) is 10.1 Å². The van der Waals surface area contributed by atoms with E-state index in [4.69, 9.17) is 4.74 Å². The van der Waals surface area contributed by atoms with Gasteiger partial charge in [0.2, 0.25) is 5.91 Å². The fourth-order valence-corrected chi connectivity index (χ4v) is 3.82. The van der Waals surface area contributed by atoms with Crippen molar-refractivity contribution in [1.29, 1.82) is 0 Å². The van der Waals surface area contributed by atoms with Crippen LogP contribution in [0.4, 0.5) is 0 Å². The lowest BCUT2D eigenvalue weighted by molar-refractivity contribution is -0.137. The van der Waals surface area contributed by atoms with Gasteiger partial charge in [-0.3, -0.25) is 14.5 Å². The van der Waals surface area contributed by atoms with Gasteiger partial charge in [-0.15, -0.1) is 11.3 Å². The standard InChI is InChI=1S/C19H23N3O4S/c1-20(2)17(23)12-21-7-9-22(10-8-21)18(24)13-26-19(25)16-11-14-5-3-4-6-15(14)27-16/h3-6,11H,7-10,12-13H2,1-2H3. The Hall–Kier alpha value is -2.45. The summed E-state index contributed by atoms with van der Waals surface area (Å²) in [6.45, 7) is 2.42. The summed E-state index contributed by atoms with van der Waals surface area (Å²) in [5, 5.41) is 0.990. The lowest BCUT2D eigenvalue weighted by Crippen LogP contribution is -2.51. The van der Waals surface area contributed by atoms with Crippen molar-refractivity contribution >= 4 is 39.2 Å². The fourth-order valence-electron chi connectivity index (χ4n) is 2.86. The molecule has 8 heteroatoms. The van der Waals surface area contributed by atoms with E-state index in [0.717, 1.165) is 10.1 Å². The zero-order chi connectivity index (χ0) is 19.4. The molecule has 2 amide bonds. The molecular formula is C19H23N3O4S. The highest BCUT2D eigenvalue weighted by atomic mass is 32.1. The van der Waals surface area contributed by atoms with Crippen molar-refractivity contribution in [1.82, 2.24) is 14.7 Å². The van der Waals surface area contributed by atoms with Gasteiger partial charge in [0.05, 0.1) is 6.54 Å². The van der Waals surface area contributed by atoms with Crippen molar-refractivity contribution in [2.24, 2.45) is 0 Å². The van der Waals surface area contributed by atoms with Crippen molar-refractivity contribution < 1.29 is 19.1 Å². The molecule has 0 spiro atoms. The van der Waals surface area contributed by atoms with Crippen LogP contribution < -0.4 is 0 Å². The maximum atomic E-state index is 12.3. The number of ether oxygens (including phenoxy) is 1. The smallest absolute Gasteiger partial charge is 0.348 e. The summed E-state index contributed by atoms with van der Waals surface area (Å²) in [6, 6.07) is 9.51. The first-order chi connectivity index (χ1) is 12.9. The SMILES string of the molecule is CN(C)C(=O)CN1CCN(C(=O)COC(=O)c2cc3ccccc3s2)CC1. The summed E-state index contributed by atoms with van der Waals surface area (Å²) in [5.41, 5.74) is 0.